The fraction of sp³-hybridized carbons (Fsp3) is 0.0588. The maximum Gasteiger partial charge on any atom is 0.416 e. The molecule has 0 unspecified atom stereocenters. The summed E-state index contributed by atoms with van der Waals surface area (Å²) in [5.74, 6) is 0. The van der Waals surface area contributed by atoms with E-state index >= 15 is 0 Å². The third kappa shape index (κ3) is 3.32. The predicted octanol–water partition coefficient (Wildman–Crippen LogP) is 3.83. The summed E-state index contributed by atoms with van der Waals surface area (Å²) in [5.41, 5.74) is -1.03. The Morgan fingerprint density at radius 1 is 1.04 bits per heavy atom. The zero-order valence-corrected chi connectivity index (χ0v) is 13.0. The van der Waals surface area contributed by atoms with Crippen molar-refractivity contribution in [2.24, 2.45) is 0 Å². The number of nitrogens with zero attached hydrogens (tertiary/aromatic N) is 3. The van der Waals surface area contributed by atoms with Gasteiger partial charge in [-0.1, -0.05) is 12.1 Å². The van der Waals surface area contributed by atoms with Crippen LogP contribution in [0.5, 0.6) is 0 Å². The highest BCUT2D eigenvalue weighted by molar-refractivity contribution is 5.65. The molecule has 0 aliphatic heterocycles. The van der Waals surface area contributed by atoms with Crippen molar-refractivity contribution >= 4 is 5.69 Å². The standard InChI is InChI=1S/C17H10F3N3O3/c18-17(19,20)12-4-6-13(7-5-12)22-16(24)15(8-9-21-22)11-2-1-3-14(10-11)23(25)26/h1-10H. The van der Waals surface area contributed by atoms with Crippen molar-refractivity contribution in [3.8, 4) is 16.8 Å². The molecule has 0 N–H and O–H groups in total. The number of halogens is 3. The van der Waals surface area contributed by atoms with Crippen molar-refractivity contribution in [3.63, 3.8) is 0 Å². The van der Waals surface area contributed by atoms with Gasteiger partial charge in [0.1, 0.15) is 0 Å². The van der Waals surface area contributed by atoms with Gasteiger partial charge in [-0.3, -0.25) is 14.9 Å². The Balaban J connectivity index is 2.07. The number of aromatic nitrogens is 2. The monoisotopic (exact) mass is 361 g/mol. The number of non-ortho nitro benzene ring substituents is 1. The lowest BCUT2D eigenvalue weighted by Gasteiger charge is -2.09. The molecule has 0 bridgehead atoms. The normalized spacial score (nSPS) is 11.3. The lowest BCUT2D eigenvalue weighted by Crippen LogP contribution is -2.22. The molecule has 0 radical (unpaired) electrons. The van der Waals surface area contributed by atoms with Crippen LogP contribution in [0.4, 0.5) is 18.9 Å². The van der Waals surface area contributed by atoms with E-state index in [0.29, 0.717) is 5.56 Å². The van der Waals surface area contributed by atoms with Gasteiger partial charge in [-0.15, -0.1) is 0 Å². The van der Waals surface area contributed by atoms with Crippen molar-refractivity contribution in [1.29, 1.82) is 0 Å². The fourth-order valence-corrected chi connectivity index (χ4v) is 2.39. The van der Waals surface area contributed by atoms with Crippen molar-refractivity contribution in [2.75, 3.05) is 0 Å². The van der Waals surface area contributed by atoms with Crippen LogP contribution >= 0.6 is 0 Å². The minimum absolute atomic E-state index is 0.142. The molecule has 2 aromatic carbocycles. The van der Waals surface area contributed by atoms with Crippen LogP contribution in [0.3, 0.4) is 0 Å². The van der Waals surface area contributed by atoms with Crippen LogP contribution in [0.1, 0.15) is 5.56 Å². The lowest BCUT2D eigenvalue weighted by molar-refractivity contribution is -0.384. The Kier molecular flexibility index (Phi) is 4.29. The molecule has 0 saturated heterocycles. The number of nitro groups is 1. The number of benzene rings is 2. The molecule has 0 saturated carbocycles. The van der Waals surface area contributed by atoms with Crippen LogP contribution in [0.25, 0.3) is 16.8 Å². The van der Waals surface area contributed by atoms with E-state index in [0.717, 1.165) is 28.9 Å². The molecule has 0 spiro atoms. The largest absolute Gasteiger partial charge is 0.416 e. The summed E-state index contributed by atoms with van der Waals surface area (Å²) in [7, 11) is 0. The number of hydrogen-bond acceptors (Lipinski definition) is 4. The molecule has 1 heterocycles. The Morgan fingerprint density at radius 3 is 2.35 bits per heavy atom. The van der Waals surface area contributed by atoms with Crippen LogP contribution in [0, 0.1) is 10.1 Å². The first kappa shape index (κ1) is 17.3. The number of alkyl halides is 3. The zero-order chi connectivity index (χ0) is 18.9. The molecule has 6 nitrogen and oxygen atoms in total. The van der Waals surface area contributed by atoms with E-state index in [-0.39, 0.29) is 16.9 Å². The van der Waals surface area contributed by atoms with Crippen molar-refractivity contribution < 1.29 is 18.1 Å². The van der Waals surface area contributed by atoms with E-state index in [2.05, 4.69) is 5.10 Å². The molecule has 1 aromatic heterocycles. The Morgan fingerprint density at radius 2 is 1.73 bits per heavy atom. The van der Waals surface area contributed by atoms with E-state index in [4.69, 9.17) is 0 Å². The molecule has 3 rings (SSSR count). The average molecular weight is 361 g/mol. The summed E-state index contributed by atoms with van der Waals surface area (Å²) in [5, 5.41) is 14.8. The highest BCUT2D eigenvalue weighted by Gasteiger charge is 2.30. The van der Waals surface area contributed by atoms with Gasteiger partial charge in [0.15, 0.2) is 0 Å². The van der Waals surface area contributed by atoms with Gasteiger partial charge >= 0.3 is 6.18 Å². The van der Waals surface area contributed by atoms with E-state index in [1.807, 2.05) is 0 Å². The maximum atomic E-state index is 12.7. The summed E-state index contributed by atoms with van der Waals surface area (Å²) in [6.45, 7) is 0. The second kappa shape index (κ2) is 6.43. The summed E-state index contributed by atoms with van der Waals surface area (Å²) >= 11 is 0. The van der Waals surface area contributed by atoms with Crippen LogP contribution < -0.4 is 5.56 Å². The SMILES string of the molecule is O=c1c(-c2cccc([N+](=O)[O-])c2)ccnn1-c1ccc(C(F)(F)F)cc1. The van der Waals surface area contributed by atoms with Gasteiger partial charge in [0.25, 0.3) is 11.2 Å². The quantitative estimate of drug-likeness (QED) is 0.525. The lowest BCUT2D eigenvalue weighted by atomic mass is 10.1. The van der Waals surface area contributed by atoms with Gasteiger partial charge in [-0.2, -0.15) is 23.0 Å². The van der Waals surface area contributed by atoms with E-state index < -0.39 is 22.2 Å². The second-order valence-electron chi connectivity index (χ2n) is 5.31. The first-order valence-corrected chi connectivity index (χ1v) is 7.28. The molecular weight excluding hydrogens is 351 g/mol. The van der Waals surface area contributed by atoms with E-state index in [9.17, 15) is 28.1 Å². The summed E-state index contributed by atoms with van der Waals surface area (Å²) in [6.07, 6.45) is -3.19. The van der Waals surface area contributed by atoms with Gasteiger partial charge in [-0.25, -0.2) is 0 Å². The Labute approximate surface area is 144 Å². The number of nitro benzene ring substituents is 1. The molecule has 26 heavy (non-hydrogen) atoms. The van der Waals surface area contributed by atoms with Crippen LogP contribution in [0.2, 0.25) is 0 Å². The summed E-state index contributed by atoms with van der Waals surface area (Å²) in [6, 6.07) is 10.9. The minimum Gasteiger partial charge on any atom is -0.267 e. The molecule has 3 aromatic rings. The first-order chi connectivity index (χ1) is 12.3. The van der Waals surface area contributed by atoms with Gasteiger partial charge in [0.05, 0.1) is 21.7 Å². The van der Waals surface area contributed by atoms with Crippen molar-refractivity contribution in [1.82, 2.24) is 9.78 Å². The Bertz CT molecular complexity index is 1030. The third-order valence-corrected chi connectivity index (χ3v) is 3.65. The van der Waals surface area contributed by atoms with Crippen LogP contribution in [-0.2, 0) is 6.18 Å². The molecule has 0 aliphatic carbocycles. The topological polar surface area (TPSA) is 78.0 Å². The minimum atomic E-state index is -4.48. The smallest absolute Gasteiger partial charge is 0.267 e. The molecule has 0 fully saturated rings. The number of hydrogen-bond donors (Lipinski definition) is 0. The molecule has 0 amide bonds. The van der Waals surface area contributed by atoms with Gasteiger partial charge in [0.2, 0.25) is 0 Å². The van der Waals surface area contributed by atoms with Crippen molar-refractivity contribution in [3.05, 3.63) is 86.8 Å². The highest BCUT2D eigenvalue weighted by Crippen LogP contribution is 2.29. The van der Waals surface area contributed by atoms with Gasteiger partial charge in [-0.05, 0) is 35.9 Å². The average Bonchev–Trinajstić information content (AvgIpc) is 2.61. The zero-order valence-electron chi connectivity index (χ0n) is 13.0. The fourth-order valence-electron chi connectivity index (χ4n) is 2.39. The van der Waals surface area contributed by atoms with Crippen LogP contribution in [0.15, 0.2) is 65.6 Å². The van der Waals surface area contributed by atoms with E-state index in [1.165, 1.54) is 36.5 Å². The molecule has 0 aliphatic rings. The Hall–Kier alpha value is -3.49. The molecule has 132 valence electrons. The number of rotatable bonds is 3. The van der Waals surface area contributed by atoms with Crippen LogP contribution in [-0.4, -0.2) is 14.7 Å². The molecular formula is C17H10F3N3O3. The molecule has 0 atom stereocenters. The molecule has 9 heteroatoms. The third-order valence-electron chi connectivity index (χ3n) is 3.65. The predicted molar refractivity (Wildman–Crippen MR) is 86.9 cm³/mol. The van der Waals surface area contributed by atoms with E-state index in [1.54, 1.807) is 0 Å². The summed E-state index contributed by atoms with van der Waals surface area (Å²) < 4.78 is 38.9. The highest BCUT2D eigenvalue weighted by atomic mass is 19.4. The van der Waals surface area contributed by atoms with Crippen molar-refractivity contribution in [2.45, 2.75) is 6.18 Å². The van der Waals surface area contributed by atoms with Gasteiger partial charge in [0, 0.05) is 18.3 Å². The first-order valence-electron chi connectivity index (χ1n) is 7.28. The maximum absolute atomic E-state index is 12.7. The summed E-state index contributed by atoms with van der Waals surface area (Å²) in [4.78, 5) is 22.9. The van der Waals surface area contributed by atoms with Gasteiger partial charge < -0.3 is 0 Å². The second-order valence-corrected chi connectivity index (χ2v) is 5.31.